The number of aromatic nitrogens is 2. The van der Waals surface area contributed by atoms with E-state index < -0.39 is 15.6 Å². The first kappa shape index (κ1) is 18.9. The minimum atomic E-state index is -3.33. The zero-order valence-electron chi connectivity index (χ0n) is 14.5. The quantitative estimate of drug-likeness (QED) is 0.764. The maximum atomic E-state index is 12.7. The van der Waals surface area contributed by atoms with Crippen molar-refractivity contribution in [3.8, 4) is 0 Å². The smallest absolute Gasteiger partial charge is 0.272 e. The molecule has 1 aromatic rings. The fraction of sp³-hybridized carbons (Fsp3) is 0.733. The van der Waals surface area contributed by atoms with Crippen LogP contribution >= 0.6 is 0 Å². The lowest BCUT2D eigenvalue weighted by atomic mass is 9.85. The SMILES string of the molecule is CCn1nccc1C(=O)N1CCC(CCOC)(NS(C)(=O)=O)CC1. The molecule has 1 aromatic heterocycles. The van der Waals surface area contributed by atoms with E-state index in [4.69, 9.17) is 4.74 Å². The van der Waals surface area contributed by atoms with Crippen molar-refractivity contribution in [1.82, 2.24) is 19.4 Å². The van der Waals surface area contributed by atoms with Crippen LogP contribution in [0.4, 0.5) is 0 Å². The molecule has 9 heteroatoms. The number of hydrogen-bond donors (Lipinski definition) is 1. The van der Waals surface area contributed by atoms with Crippen LogP contribution in [0.2, 0.25) is 0 Å². The predicted molar refractivity (Wildman–Crippen MR) is 90.2 cm³/mol. The first-order valence-electron chi connectivity index (χ1n) is 8.09. The second kappa shape index (κ2) is 7.62. The van der Waals surface area contributed by atoms with Crippen LogP contribution in [0.1, 0.15) is 36.7 Å². The van der Waals surface area contributed by atoms with Crippen molar-refractivity contribution >= 4 is 15.9 Å². The van der Waals surface area contributed by atoms with Gasteiger partial charge in [-0.2, -0.15) is 5.10 Å². The predicted octanol–water partition coefficient (Wildman–Crippen LogP) is 0.464. The maximum Gasteiger partial charge on any atom is 0.272 e. The molecular weight excluding hydrogens is 332 g/mol. The van der Waals surface area contributed by atoms with E-state index in [-0.39, 0.29) is 5.91 Å². The zero-order chi connectivity index (χ0) is 17.8. The summed E-state index contributed by atoms with van der Waals surface area (Å²) in [6, 6.07) is 1.72. The fourth-order valence-corrected chi connectivity index (χ4v) is 4.25. The number of hydrogen-bond acceptors (Lipinski definition) is 5. The zero-order valence-corrected chi connectivity index (χ0v) is 15.3. The van der Waals surface area contributed by atoms with Gasteiger partial charge in [0.25, 0.3) is 5.91 Å². The topological polar surface area (TPSA) is 93.5 Å². The third kappa shape index (κ3) is 4.55. The van der Waals surface area contributed by atoms with Crippen LogP contribution in [0.3, 0.4) is 0 Å². The number of rotatable bonds is 7. The summed E-state index contributed by atoms with van der Waals surface area (Å²) in [6.07, 6.45) is 4.50. The van der Waals surface area contributed by atoms with Gasteiger partial charge in [0.2, 0.25) is 10.0 Å². The average Bonchev–Trinajstić information content (AvgIpc) is 3.00. The molecule has 1 amide bonds. The average molecular weight is 358 g/mol. The minimum Gasteiger partial charge on any atom is -0.385 e. The van der Waals surface area contributed by atoms with Gasteiger partial charge in [-0.15, -0.1) is 0 Å². The summed E-state index contributed by atoms with van der Waals surface area (Å²) in [5, 5.41) is 4.13. The van der Waals surface area contributed by atoms with Crippen molar-refractivity contribution in [2.24, 2.45) is 0 Å². The summed E-state index contributed by atoms with van der Waals surface area (Å²) >= 11 is 0. The Hall–Kier alpha value is -1.45. The molecule has 0 saturated carbocycles. The van der Waals surface area contributed by atoms with Gasteiger partial charge in [0, 0.05) is 45.1 Å². The number of amides is 1. The summed E-state index contributed by atoms with van der Waals surface area (Å²) in [5.41, 5.74) is 0.0173. The molecule has 0 radical (unpaired) electrons. The number of carbonyl (C=O) groups is 1. The highest BCUT2D eigenvalue weighted by Crippen LogP contribution is 2.27. The number of nitrogens with one attached hydrogen (secondary N) is 1. The number of nitrogens with zero attached hydrogens (tertiary/aromatic N) is 3. The molecule has 0 atom stereocenters. The van der Waals surface area contributed by atoms with Crippen molar-refractivity contribution in [2.75, 3.05) is 33.1 Å². The molecule has 8 nitrogen and oxygen atoms in total. The third-order valence-electron chi connectivity index (χ3n) is 4.43. The lowest BCUT2D eigenvalue weighted by Gasteiger charge is -2.41. The van der Waals surface area contributed by atoms with Crippen molar-refractivity contribution in [3.63, 3.8) is 0 Å². The number of methoxy groups -OCH3 is 1. The Morgan fingerprint density at radius 1 is 1.42 bits per heavy atom. The molecule has 1 aliphatic heterocycles. The van der Waals surface area contributed by atoms with Crippen molar-refractivity contribution in [1.29, 1.82) is 0 Å². The first-order valence-corrected chi connectivity index (χ1v) is 9.98. The van der Waals surface area contributed by atoms with Crippen LogP contribution < -0.4 is 4.72 Å². The van der Waals surface area contributed by atoms with E-state index >= 15 is 0 Å². The van der Waals surface area contributed by atoms with Gasteiger partial charge in [-0.25, -0.2) is 13.1 Å². The molecule has 1 saturated heterocycles. The van der Waals surface area contributed by atoms with Crippen molar-refractivity contribution < 1.29 is 17.9 Å². The highest BCUT2D eigenvalue weighted by molar-refractivity contribution is 7.88. The Labute approximate surface area is 143 Å². The lowest BCUT2D eigenvalue weighted by Crippen LogP contribution is -2.56. The molecule has 1 N–H and O–H groups in total. The molecule has 0 unspecified atom stereocenters. The molecule has 1 fully saturated rings. The largest absolute Gasteiger partial charge is 0.385 e. The Morgan fingerprint density at radius 2 is 2.08 bits per heavy atom. The summed E-state index contributed by atoms with van der Waals surface area (Å²) in [5.74, 6) is -0.0611. The number of likely N-dealkylation sites (tertiary alicyclic amines) is 1. The maximum absolute atomic E-state index is 12.7. The highest BCUT2D eigenvalue weighted by atomic mass is 32.2. The minimum absolute atomic E-state index is 0.0611. The Kier molecular flexibility index (Phi) is 6.00. The second-order valence-electron chi connectivity index (χ2n) is 6.22. The first-order chi connectivity index (χ1) is 11.3. The van der Waals surface area contributed by atoms with E-state index in [2.05, 4.69) is 9.82 Å². The van der Waals surface area contributed by atoms with E-state index in [1.54, 1.807) is 29.0 Å². The Morgan fingerprint density at radius 3 is 2.62 bits per heavy atom. The summed E-state index contributed by atoms with van der Waals surface area (Å²) in [4.78, 5) is 14.4. The van der Waals surface area contributed by atoms with E-state index in [1.807, 2.05) is 6.92 Å². The van der Waals surface area contributed by atoms with Crippen LogP contribution in [-0.2, 0) is 21.3 Å². The molecule has 0 aromatic carbocycles. The third-order valence-corrected chi connectivity index (χ3v) is 5.23. The highest BCUT2D eigenvalue weighted by Gasteiger charge is 2.38. The molecule has 2 heterocycles. The Balaban J connectivity index is 2.07. The van der Waals surface area contributed by atoms with Gasteiger partial charge in [-0.05, 0) is 32.3 Å². The van der Waals surface area contributed by atoms with Gasteiger partial charge in [0.1, 0.15) is 5.69 Å². The van der Waals surface area contributed by atoms with Crippen LogP contribution in [0.25, 0.3) is 0 Å². The van der Waals surface area contributed by atoms with Gasteiger partial charge in [-0.3, -0.25) is 9.48 Å². The lowest BCUT2D eigenvalue weighted by molar-refractivity contribution is 0.0609. The molecule has 0 spiro atoms. The van der Waals surface area contributed by atoms with E-state index in [0.29, 0.717) is 51.2 Å². The van der Waals surface area contributed by atoms with E-state index in [0.717, 1.165) is 0 Å². The fourth-order valence-electron chi connectivity index (χ4n) is 3.16. The molecule has 2 rings (SSSR count). The number of sulfonamides is 1. The van der Waals surface area contributed by atoms with Crippen LogP contribution in [0.15, 0.2) is 12.3 Å². The molecule has 136 valence electrons. The molecule has 24 heavy (non-hydrogen) atoms. The summed E-state index contributed by atoms with van der Waals surface area (Å²) in [6.45, 7) is 4.04. The van der Waals surface area contributed by atoms with Crippen molar-refractivity contribution in [2.45, 2.75) is 38.3 Å². The Bertz CT molecular complexity index is 663. The van der Waals surface area contributed by atoms with E-state index in [9.17, 15) is 13.2 Å². The standard InChI is InChI=1S/C15H26N4O4S/c1-4-19-13(5-9-16-19)14(20)18-10-6-15(7-11-18,8-12-23-2)17-24(3,21)22/h5,9,17H,4,6-8,10-12H2,1-3H3. The van der Waals surface area contributed by atoms with Gasteiger partial charge in [-0.1, -0.05) is 0 Å². The summed E-state index contributed by atoms with van der Waals surface area (Å²) in [7, 11) is -1.73. The van der Waals surface area contributed by atoms with E-state index in [1.165, 1.54) is 6.26 Å². The van der Waals surface area contributed by atoms with Gasteiger partial charge in [0.05, 0.1) is 6.26 Å². The van der Waals surface area contributed by atoms with Gasteiger partial charge < -0.3 is 9.64 Å². The van der Waals surface area contributed by atoms with Crippen LogP contribution in [-0.4, -0.2) is 67.6 Å². The van der Waals surface area contributed by atoms with Gasteiger partial charge in [0.15, 0.2) is 0 Å². The summed E-state index contributed by atoms with van der Waals surface area (Å²) < 4.78 is 33.0. The number of carbonyl (C=O) groups excluding carboxylic acids is 1. The van der Waals surface area contributed by atoms with Crippen molar-refractivity contribution in [3.05, 3.63) is 18.0 Å². The number of aryl methyl sites for hydroxylation is 1. The normalized spacial score (nSPS) is 17.9. The molecule has 0 bridgehead atoms. The van der Waals surface area contributed by atoms with Crippen LogP contribution in [0.5, 0.6) is 0 Å². The van der Waals surface area contributed by atoms with Crippen LogP contribution in [0, 0.1) is 0 Å². The number of piperidine rings is 1. The number of ether oxygens (including phenoxy) is 1. The molecular formula is C15H26N4O4S. The molecule has 1 aliphatic rings. The molecule has 0 aliphatic carbocycles. The monoisotopic (exact) mass is 358 g/mol. The second-order valence-corrected chi connectivity index (χ2v) is 7.97. The van der Waals surface area contributed by atoms with Gasteiger partial charge >= 0.3 is 0 Å².